The fourth-order valence-electron chi connectivity index (χ4n) is 0.310. The van der Waals surface area contributed by atoms with Gasteiger partial charge in [-0.1, -0.05) is 4.40 Å². The number of hydrogen-bond donors (Lipinski definition) is 0. The van der Waals surface area contributed by atoms with E-state index in [0.29, 0.717) is 0 Å². The third-order valence-corrected chi connectivity index (χ3v) is 1.39. The van der Waals surface area contributed by atoms with Crippen LogP contribution in [-0.4, -0.2) is 20.6 Å². The predicted octanol–water partition coefficient (Wildman–Crippen LogP) is -0.00800. The van der Waals surface area contributed by atoms with Gasteiger partial charge < -0.3 is 0 Å². The maximum Gasteiger partial charge on any atom is 0.391 e. The van der Waals surface area contributed by atoms with Gasteiger partial charge in [-0.3, -0.25) is 0 Å². The summed E-state index contributed by atoms with van der Waals surface area (Å²) in [6, 6.07) is 0. The summed E-state index contributed by atoms with van der Waals surface area (Å²) in [7, 11) is -4.03. The molecular formula is C4H7NO4S. The zero-order valence-corrected chi connectivity index (χ0v) is 6.38. The SMILES string of the molecule is CC(C)OS(=O)(=O)N=C=O. The summed E-state index contributed by atoms with van der Waals surface area (Å²) in [6.45, 7) is 3.02. The van der Waals surface area contributed by atoms with E-state index in [1.807, 2.05) is 0 Å². The molecule has 0 unspecified atom stereocenters. The van der Waals surface area contributed by atoms with Crippen LogP contribution < -0.4 is 0 Å². The largest absolute Gasteiger partial charge is 0.391 e. The molecule has 0 radical (unpaired) electrons. The van der Waals surface area contributed by atoms with E-state index in [1.54, 1.807) is 0 Å². The normalized spacial score (nSPS) is 11.1. The van der Waals surface area contributed by atoms with Gasteiger partial charge in [0.1, 0.15) is 0 Å². The summed E-state index contributed by atoms with van der Waals surface area (Å²) in [5.74, 6) is 0. The van der Waals surface area contributed by atoms with Crippen molar-refractivity contribution in [1.29, 1.82) is 0 Å². The number of hydrogen-bond acceptors (Lipinski definition) is 4. The Morgan fingerprint density at radius 3 is 2.30 bits per heavy atom. The second-order valence-electron chi connectivity index (χ2n) is 1.76. The summed E-state index contributed by atoms with van der Waals surface area (Å²) in [5, 5.41) is 0. The Balaban J connectivity index is 4.30. The van der Waals surface area contributed by atoms with Crippen molar-refractivity contribution < 1.29 is 17.4 Å². The molecule has 0 saturated heterocycles. The Hall–Kier alpha value is -0.710. The standard InChI is InChI=1S/C4H7NO4S/c1-4(2)9-10(7,8)5-3-6/h4H,1-2H3. The fourth-order valence-corrected chi connectivity index (χ4v) is 0.931. The van der Waals surface area contributed by atoms with Crippen LogP contribution >= 0.6 is 0 Å². The highest BCUT2D eigenvalue weighted by molar-refractivity contribution is 7.85. The van der Waals surface area contributed by atoms with Gasteiger partial charge in [-0.05, 0) is 13.8 Å². The highest BCUT2D eigenvalue weighted by Crippen LogP contribution is 1.98. The molecule has 5 nitrogen and oxygen atoms in total. The zero-order chi connectivity index (χ0) is 8.20. The van der Waals surface area contributed by atoms with Crippen LogP contribution in [-0.2, 0) is 19.3 Å². The van der Waals surface area contributed by atoms with Crippen LogP contribution in [0.15, 0.2) is 4.40 Å². The van der Waals surface area contributed by atoms with Crippen LogP contribution in [0.2, 0.25) is 0 Å². The first-order chi connectivity index (χ1) is 4.48. The molecule has 0 rings (SSSR count). The van der Waals surface area contributed by atoms with Crippen molar-refractivity contribution in [3.8, 4) is 0 Å². The Bertz CT molecular complexity index is 236. The lowest BCUT2D eigenvalue weighted by molar-refractivity contribution is 0.249. The number of isocyanates is 1. The van der Waals surface area contributed by atoms with Gasteiger partial charge in [0.2, 0.25) is 0 Å². The van der Waals surface area contributed by atoms with Crippen LogP contribution in [0.25, 0.3) is 0 Å². The quantitative estimate of drug-likeness (QED) is 0.435. The van der Waals surface area contributed by atoms with Gasteiger partial charge in [-0.25, -0.2) is 8.98 Å². The van der Waals surface area contributed by atoms with E-state index in [1.165, 1.54) is 13.8 Å². The Morgan fingerprint density at radius 1 is 1.50 bits per heavy atom. The molecule has 0 aliphatic rings. The third-order valence-electron chi connectivity index (χ3n) is 0.463. The minimum Gasteiger partial charge on any atom is -0.249 e. The van der Waals surface area contributed by atoms with Crippen LogP contribution in [0, 0.1) is 0 Å². The first kappa shape index (κ1) is 9.29. The van der Waals surface area contributed by atoms with E-state index >= 15 is 0 Å². The lowest BCUT2D eigenvalue weighted by atomic mass is 10.5. The molecule has 0 bridgehead atoms. The highest BCUT2D eigenvalue weighted by Gasteiger charge is 2.09. The van der Waals surface area contributed by atoms with E-state index in [4.69, 9.17) is 0 Å². The van der Waals surface area contributed by atoms with Crippen molar-refractivity contribution in [1.82, 2.24) is 0 Å². The van der Waals surface area contributed by atoms with E-state index in [9.17, 15) is 13.2 Å². The molecule has 0 amide bonds. The van der Waals surface area contributed by atoms with Gasteiger partial charge >= 0.3 is 10.3 Å². The van der Waals surface area contributed by atoms with Crippen molar-refractivity contribution in [2.24, 2.45) is 4.40 Å². The van der Waals surface area contributed by atoms with Gasteiger partial charge in [0.25, 0.3) is 6.08 Å². The van der Waals surface area contributed by atoms with Crippen molar-refractivity contribution in [2.75, 3.05) is 0 Å². The van der Waals surface area contributed by atoms with Crippen LogP contribution in [0.5, 0.6) is 0 Å². The molecule has 0 aromatic carbocycles. The van der Waals surface area contributed by atoms with Gasteiger partial charge in [0.15, 0.2) is 0 Å². The second kappa shape index (κ2) is 3.46. The van der Waals surface area contributed by atoms with Crippen molar-refractivity contribution in [3.63, 3.8) is 0 Å². The molecule has 0 aliphatic heterocycles. The summed E-state index contributed by atoms with van der Waals surface area (Å²) in [6.07, 6.45) is 0.363. The van der Waals surface area contributed by atoms with Crippen molar-refractivity contribution in [2.45, 2.75) is 20.0 Å². The van der Waals surface area contributed by atoms with Crippen LogP contribution in [0.3, 0.4) is 0 Å². The molecule has 58 valence electrons. The van der Waals surface area contributed by atoms with E-state index in [-0.39, 0.29) is 0 Å². The highest BCUT2D eigenvalue weighted by atomic mass is 32.2. The molecule has 0 aromatic heterocycles. The predicted molar refractivity (Wildman–Crippen MR) is 33.3 cm³/mol. The number of nitrogens with zero attached hydrogens (tertiary/aromatic N) is 1. The number of carbonyl (C=O) groups excluding carboxylic acids is 1. The maximum absolute atomic E-state index is 10.4. The molecule has 6 heteroatoms. The summed E-state index contributed by atoms with van der Waals surface area (Å²) in [5.41, 5.74) is 0. The minimum absolute atomic E-state index is 0.512. The van der Waals surface area contributed by atoms with E-state index in [2.05, 4.69) is 8.58 Å². The molecule has 0 N–H and O–H groups in total. The first-order valence-electron chi connectivity index (χ1n) is 2.50. The molecule has 10 heavy (non-hydrogen) atoms. The molecule has 0 saturated carbocycles. The summed E-state index contributed by atoms with van der Waals surface area (Å²) < 4.78 is 27.4. The van der Waals surface area contributed by atoms with Crippen LogP contribution in [0.1, 0.15) is 13.8 Å². The fraction of sp³-hybridized carbons (Fsp3) is 0.750. The van der Waals surface area contributed by atoms with Gasteiger partial charge in [0.05, 0.1) is 6.10 Å². The molecular weight excluding hydrogens is 158 g/mol. The summed E-state index contributed by atoms with van der Waals surface area (Å²) in [4.78, 5) is 9.45. The van der Waals surface area contributed by atoms with Crippen molar-refractivity contribution in [3.05, 3.63) is 0 Å². The molecule has 0 heterocycles. The maximum atomic E-state index is 10.4. The molecule has 0 fully saturated rings. The molecule has 0 atom stereocenters. The lowest BCUT2D eigenvalue weighted by Crippen LogP contribution is -2.08. The molecule has 0 spiro atoms. The lowest BCUT2D eigenvalue weighted by Gasteiger charge is -2.00. The minimum atomic E-state index is -4.03. The van der Waals surface area contributed by atoms with Crippen molar-refractivity contribution >= 4 is 16.4 Å². The second-order valence-corrected chi connectivity index (χ2v) is 2.99. The van der Waals surface area contributed by atoms with E-state index < -0.39 is 16.4 Å². The Morgan fingerprint density at radius 2 is 2.00 bits per heavy atom. The molecule has 0 aliphatic carbocycles. The average Bonchev–Trinajstić information content (AvgIpc) is 1.59. The third kappa shape index (κ3) is 4.20. The monoisotopic (exact) mass is 165 g/mol. The Labute approximate surface area is 59.0 Å². The van der Waals surface area contributed by atoms with Gasteiger partial charge in [-0.15, -0.1) is 0 Å². The Kier molecular flexibility index (Phi) is 3.21. The average molecular weight is 165 g/mol. The van der Waals surface area contributed by atoms with Gasteiger partial charge in [0, 0.05) is 0 Å². The first-order valence-corrected chi connectivity index (χ1v) is 3.87. The molecule has 0 aromatic rings. The number of rotatable bonds is 3. The topological polar surface area (TPSA) is 72.8 Å². The van der Waals surface area contributed by atoms with E-state index in [0.717, 1.165) is 6.08 Å². The van der Waals surface area contributed by atoms with Crippen LogP contribution in [0.4, 0.5) is 0 Å². The summed E-state index contributed by atoms with van der Waals surface area (Å²) >= 11 is 0. The smallest absolute Gasteiger partial charge is 0.249 e. The zero-order valence-electron chi connectivity index (χ0n) is 5.57. The van der Waals surface area contributed by atoms with Gasteiger partial charge in [-0.2, -0.15) is 8.42 Å².